The Morgan fingerprint density at radius 1 is 0.821 bits per heavy atom. The van der Waals surface area contributed by atoms with Crippen LogP contribution in [0.25, 0.3) is 23.1 Å². The third-order valence-corrected chi connectivity index (χ3v) is 6.42. The van der Waals surface area contributed by atoms with Crippen molar-refractivity contribution in [2.24, 2.45) is 0 Å². The summed E-state index contributed by atoms with van der Waals surface area (Å²) in [6.45, 7) is 3.16. The van der Waals surface area contributed by atoms with E-state index in [1.807, 2.05) is 72.8 Å². The number of nitrogens with zero attached hydrogens (tertiary/aromatic N) is 1. The molecule has 0 fully saturated rings. The van der Waals surface area contributed by atoms with Crippen LogP contribution in [-0.2, 0) is 29.0 Å². The molecule has 2 N–H and O–H groups in total. The lowest BCUT2D eigenvalue weighted by Crippen LogP contribution is -2.07. The molecule has 202 valence electrons. The summed E-state index contributed by atoms with van der Waals surface area (Å²) in [5, 5.41) is 19.3. The lowest BCUT2D eigenvalue weighted by molar-refractivity contribution is -0.138. The molecule has 1 aromatic heterocycles. The summed E-state index contributed by atoms with van der Waals surface area (Å²) in [5.74, 6) is -0.200. The van der Waals surface area contributed by atoms with Gasteiger partial charge in [0.25, 0.3) is 0 Å². The molecule has 0 amide bonds. The molecule has 0 saturated heterocycles. The van der Waals surface area contributed by atoms with Crippen LogP contribution in [0.5, 0.6) is 11.5 Å². The average Bonchev–Trinajstić information content (AvgIpc) is 3.26. The van der Waals surface area contributed by atoms with E-state index in [2.05, 4.69) is 13.0 Å². The summed E-state index contributed by atoms with van der Waals surface area (Å²) < 4.78 is 13.4. The van der Waals surface area contributed by atoms with Crippen molar-refractivity contribution in [3.05, 3.63) is 95.2 Å². The lowest BCUT2D eigenvalue weighted by Gasteiger charge is -2.10. The predicted octanol–water partition coefficient (Wildman–Crippen LogP) is 6.32. The highest BCUT2D eigenvalue weighted by Gasteiger charge is 2.15. The van der Waals surface area contributed by atoms with Crippen molar-refractivity contribution < 1.29 is 29.3 Å². The molecule has 0 saturated carbocycles. The fourth-order valence-corrected chi connectivity index (χ4v) is 4.56. The topological polar surface area (TPSA) is 98.0 Å². The number of carboxylic acids is 2. The van der Waals surface area contributed by atoms with E-state index in [0.29, 0.717) is 24.3 Å². The second-order valence-corrected chi connectivity index (χ2v) is 9.26. The van der Waals surface area contributed by atoms with Gasteiger partial charge in [0.05, 0.1) is 19.6 Å². The van der Waals surface area contributed by atoms with Crippen LogP contribution in [0.4, 0.5) is 0 Å². The SMILES string of the molecule is CCc1ccccc1OCCCCOc1ccc(/C=C/c2cccc3c2c(CC(=O)O)cn3CC(=O)O)cc1. The molecular weight excluding hydrogens is 494 g/mol. The van der Waals surface area contributed by atoms with Crippen LogP contribution < -0.4 is 9.47 Å². The Hall–Kier alpha value is -4.52. The van der Waals surface area contributed by atoms with E-state index in [4.69, 9.17) is 9.47 Å². The van der Waals surface area contributed by atoms with Gasteiger partial charge in [0.1, 0.15) is 18.0 Å². The Morgan fingerprint density at radius 2 is 1.56 bits per heavy atom. The van der Waals surface area contributed by atoms with Crippen LogP contribution in [0.2, 0.25) is 0 Å². The number of aliphatic carboxylic acids is 2. The summed E-state index contributed by atoms with van der Waals surface area (Å²) in [5.41, 5.74) is 4.29. The number of para-hydroxylation sites is 1. The Bertz CT molecular complexity index is 1450. The van der Waals surface area contributed by atoms with Crippen molar-refractivity contribution in [2.75, 3.05) is 13.2 Å². The van der Waals surface area contributed by atoms with Crippen LogP contribution >= 0.6 is 0 Å². The largest absolute Gasteiger partial charge is 0.494 e. The van der Waals surface area contributed by atoms with Gasteiger partial charge in [-0.25, -0.2) is 0 Å². The van der Waals surface area contributed by atoms with Gasteiger partial charge in [-0.15, -0.1) is 0 Å². The lowest BCUT2D eigenvalue weighted by atomic mass is 10.0. The van der Waals surface area contributed by atoms with Crippen LogP contribution in [0.3, 0.4) is 0 Å². The normalized spacial score (nSPS) is 11.2. The fraction of sp³-hybridized carbons (Fsp3) is 0.250. The second kappa shape index (κ2) is 13.3. The zero-order valence-corrected chi connectivity index (χ0v) is 22.0. The first-order chi connectivity index (χ1) is 18.9. The maximum atomic E-state index is 11.4. The van der Waals surface area contributed by atoms with Crippen LogP contribution in [0, 0.1) is 0 Å². The Labute approximate surface area is 227 Å². The Kier molecular flexibility index (Phi) is 9.40. The number of fused-ring (bicyclic) bond motifs is 1. The molecule has 0 atom stereocenters. The minimum absolute atomic E-state index is 0.182. The number of aromatic nitrogens is 1. The van der Waals surface area contributed by atoms with E-state index in [9.17, 15) is 19.8 Å². The predicted molar refractivity (Wildman–Crippen MR) is 152 cm³/mol. The molecule has 7 nitrogen and oxygen atoms in total. The number of carboxylic acid groups (broad SMARTS) is 2. The van der Waals surface area contributed by atoms with E-state index in [0.717, 1.165) is 47.3 Å². The van der Waals surface area contributed by atoms with E-state index in [1.54, 1.807) is 10.8 Å². The molecule has 0 aliphatic rings. The van der Waals surface area contributed by atoms with Crippen molar-refractivity contribution in [2.45, 2.75) is 39.2 Å². The molecule has 0 aliphatic carbocycles. The standard InChI is InChI=1S/C32H33NO6/c1-2-24-8-3-4-11-29(24)39-19-6-5-18-38-27-16-13-23(14-17-27)12-15-25-9-7-10-28-32(25)26(20-30(34)35)21-33(28)22-31(36)37/h3-4,7-17,21H,2,5-6,18-20,22H2,1H3,(H,34,35)(H,36,37)/b15-12+. The van der Waals surface area contributed by atoms with Crippen LogP contribution in [-0.4, -0.2) is 39.9 Å². The molecule has 0 unspecified atom stereocenters. The maximum Gasteiger partial charge on any atom is 0.323 e. The van der Waals surface area contributed by atoms with Gasteiger partial charge in [0.2, 0.25) is 0 Å². The van der Waals surface area contributed by atoms with Gasteiger partial charge in [-0.2, -0.15) is 0 Å². The van der Waals surface area contributed by atoms with Gasteiger partial charge in [0.15, 0.2) is 0 Å². The first-order valence-corrected chi connectivity index (χ1v) is 13.1. The van der Waals surface area contributed by atoms with E-state index < -0.39 is 11.9 Å². The third-order valence-electron chi connectivity index (χ3n) is 6.42. The monoisotopic (exact) mass is 527 g/mol. The number of unbranched alkanes of at least 4 members (excludes halogenated alkanes) is 1. The van der Waals surface area contributed by atoms with Gasteiger partial charge in [-0.3, -0.25) is 9.59 Å². The molecule has 4 rings (SSSR count). The molecule has 0 aliphatic heterocycles. The fourth-order valence-electron chi connectivity index (χ4n) is 4.56. The number of aryl methyl sites for hydroxylation is 1. The Morgan fingerprint density at radius 3 is 2.28 bits per heavy atom. The molecule has 7 heteroatoms. The zero-order chi connectivity index (χ0) is 27.6. The summed E-state index contributed by atoms with van der Waals surface area (Å²) in [6, 6.07) is 21.4. The minimum Gasteiger partial charge on any atom is -0.494 e. The smallest absolute Gasteiger partial charge is 0.323 e. The first-order valence-electron chi connectivity index (χ1n) is 13.1. The highest BCUT2D eigenvalue weighted by Crippen LogP contribution is 2.28. The van der Waals surface area contributed by atoms with Gasteiger partial charge < -0.3 is 24.3 Å². The highest BCUT2D eigenvalue weighted by atomic mass is 16.5. The van der Waals surface area contributed by atoms with Crippen molar-refractivity contribution in [3.8, 4) is 11.5 Å². The summed E-state index contributed by atoms with van der Waals surface area (Å²) >= 11 is 0. The Balaban J connectivity index is 1.34. The number of benzene rings is 3. The summed E-state index contributed by atoms with van der Waals surface area (Å²) in [7, 11) is 0. The van der Waals surface area contributed by atoms with Crippen molar-refractivity contribution in [3.63, 3.8) is 0 Å². The molecule has 0 bridgehead atoms. The third kappa shape index (κ3) is 7.51. The number of ether oxygens (including phenoxy) is 2. The maximum absolute atomic E-state index is 11.4. The molecular formula is C32H33NO6. The van der Waals surface area contributed by atoms with Gasteiger partial charge in [-0.1, -0.05) is 61.5 Å². The first kappa shape index (κ1) is 27.5. The van der Waals surface area contributed by atoms with Gasteiger partial charge in [-0.05, 0) is 65.8 Å². The molecule has 39 heavy (non-hydrogen) atoms. The molecule has 0 radical (unpaired) electrons. The summed E-state index contributed by atoms with van der Waals surface area (Å²) in [6.07, 6.45) is 8.05. The average molecular weight is 528 g/mol. The quantitative estimate of drug-likeness (QED) is 0.147. The molecule has 1 heterocycles. The van der Waals surface area contributed by atoms with Gasteiger partial charge in [0, 0.05) is 17.1 Å². The number of rotatable bonds is 14. The molecule has 4 aromatic rings. The van der Waals surface area contributed by atoms with E-state index in [1.165, 1.54) is 5.56 Å². The molecule has 3 aromatic carbocycles. The summed E-state index contributed by atoms with van der Waals surface area (Å²) in [4.78, 5) is 22.7. The van der Waals surface area contributed by atoms with Gasteiger partial charge >= 0.3 is 11.9 Å². The number of hydrogen-bond donors (Lipinski definition) is 2. The second-order valence-electron chi connectivity index (χ2n) is 9.26. The van der Waals surface area contributed by atoms with Crippen molar-refractivity contribution >= 4 is 35.0 Å². The zero-order valence-electron chi connectivity index (χ0n) is 22.0. The number of carbonyl (C=O) groups is 2. The minimum atomic E-state index is -0.983. The van der Waals surface area contributed by atoms with Crippen LogP contribution in [0.1, 0.15) is 42.0 Å². The molecule has 0 spiro atoms. The highest BCUT2D eigenvalue weighted by molar-refractivity contribution is 5.96. The van der Waals surface area contributed by atoms with E-state index in [-0.39, 0.29) is 13.0 Å². The van der Waals surface area contributed by atoms with Crippen molar-refractivity contribution in [1.82, 2.24) is 4.57 Å². The van der Waals surface area contributed by atoms with Crippen LogP contribution in [0.15, 0.2) is 72.9 Å². The number of hydrogen-bond acceptors (Lipinski definition) is 4. The van der Waals surface area contributed by atoms with Crippen molar-refractivity contribution in [1.29, 1.82) is 0 Å². The van der Waals surface area contributed by atoms with E-state index >= 15 is 0 Å².